The molecule has 0 spiro atoms. The quantitative estimate of drug-likeness (QED) is 0.264. The van der Waals surface area contributed by atoms with Gasteiger partial charge in [-0.05, 0) is 48.1 Å². The number of hydrogen-bond acceptors (Lipinski definition) is 5. The number of nitrogens with zero attached hydrogens (tertiary/aromatic N) is 2. The fourth-order valence-corrected chi connectivity index (χ4v) is 5.58. The van der Waals surface area contributed by atoms with E-state index in [1.807, 2.05) is 41.3 Å². The summed E-state index contributed by atoms with van der Waals surface area (Å²) in [5.41, 5.74) is 4.83. The van der Waals surface area contributed by atoms with E-state index < -0.39 is 23.8 Å². The van der Waals surface area contributed by atoms with Crippen LogP contribution in [0.4, 0.5) is 5.69 Å². The molecule has 39 heavy (non-hydrogen) atoms. The minimum atomic E-state index is -1.01. The third-order valence-corrected chi connectivity index (χ3v) is 7.68. The Hall–Kier alpha value is -3.64. The topological polar surface area (TPSA) is 59.1 Å². The van der Waals surface area contributed by atoms with Crippen LogP contribution >= 0.6 is 0 Å². The van der Waals surface area contributed by atoms with Crippen LogP contribution in [0.1, 0.15) is 38.7 Å². The molecule has 0 unspecified atom stereocenters. The fraction of sp³-hybridized carbons (Fsp3) is 0.394. The van der Waals surface area contributed by atoms with Crippen molar-refractivity contribution in [2.75, 3.05) is 31.1 Å². The maximum absolute atomic E-state index is 13.8. The molecule has 6 heteroatoms. The van der Waals surface area contributed by atoms with Gasteiger partial charge in [-0.25, -0.2) is 4.79 Å². The molecule has 3 aromatic rings. The van der Waals surface area contributed by atoms with Crippen LogP contribution in [-0.4, -0.2) is 54.8 Å². The van der Waals surface area contributed by atoms with Crippen LogP contribution in [0.15, 0.2) is 84.9 Å². The number of piperazine rings is 1. The molecule has 204 valence electrons. The smallest absolute Gasteiger partial charge is 0.338 e. The number of carbonyl (C=O) groups is 2. The Bertz CT molecular complexity index is 1240. The zero-order valence-corrected chi connectivity index (χ0v) is 22.9. The predicted molar refractivity (Wildman–Crippen MR) is 153 cm³/mol. The molecular formula is C33H38N2O4. The third kappa shape index (κ3) is 6.69. The van der Waals surface area contributed by atoms with E-state index in [0.29, 0.717) is 19.5 Å². The second-order valence-electron chi connectivity index (χ2n) is 10.9. The largest absolute Gasteiger partial charge is 0.432 e. The van der Waals surface area contributed by atoms with Gasteiger partial charge < -0.3 is 19.3 Å². The number of benzene rings is 3. The number of hydrogen-bond donors (Lipinski definition) is 0. The Morgan fingerprint density at radius 3 is 2.08 bits per heavy atom. The Morgan fingerprint density at radius 2 is 1.46 bits per heavy atom. The second-order valence-corrected chi connectivity index (χ2v) is 10.9. The van der Waals surface area contributed by atoms with Gasteiger partial charge in [0.2, 0.25) is 11.7 Å². The van der Waals surface area contributed by atoms with Crippen molar-refractivity contribution in [3.63, 3.8) is 0 Å². The van der Waals surface area contributed by atoms with Crippen molar-refractivity contribution in [1.29, 1.82) is 0 Å². The highest BCUT2D eigenvalue weighted by molar-refractivity contribution is 5.88. The van der Waals surface area contributed by atoms with E-state index in [1.165, 1.54) is 16.7 Å². The summed E-state index contributed by atoms with van der Waals surface area (Å²) in [6, 6.07) is 29.3. The van der Waals surface area contributed by atoms with Crippen LogP contribution in [0.5, 0.6) is 0 Å². The normalized spacial score (nSPS) is 19.5. The molecule has 2 atom stereocenters. The van der Waals surface area contributed by atoms with E-state index in [4.69, 9.17) is 9.47 Å². The van der Waals surface area contributed by atoms with Crippen LogP contribution in [0.25, 0.3) is 11.1 Å². The highest BCUT2D eigenvalue weighted by Crippen LogP contribution is 2.32. The molecule has 3 aromatic carbocycles. The molecule has 2 heterocycles. The number of ether oxygens (including phenoxy) is 2. The number of unbranched alkanes of at least 4 members (excludes halogenated alkanes) is 1. The van der Waals surface area contributed by atoms with E-state index in [-0.39, 0.29) is 5.91 Å². The van der Waals surface area contributed by atoms with Crippen LogP contribution in [0.2, 0.25) is 0 Å². The predicted octanol–water partition coefficient (Wildman–Crippen LogP) is 5.71. The first kappa shape index (κ1) is 26.9. The molecule has 5 rings (SSSR count). The lowest BCUT2D eigenvalue weighted by Gasteiger charge is -2.38. The van der Waals surface area contributed by atoms with Gasteiger partial charge in [-0.3, -0.25) is 4.79 Å². The molecule has 6 nitrogen and oxygen atoms in total. The van der Waals surface area contributed by atoms with Gasteiger partial charge in [0.15, 0.2) is 6.10 Å². The Balaban J connectivity index is 1.20. The number of aryl methyl sites for hydroxylation is 1. The van der Waals surface area contributed by atoms with Gasteiger partial charge in [0.05, 0.1) is 5.92 Å². The second kappa shape index (κ2) is 12.0. The third-order valence-electron chi connectivity index (χ3n) is 7.68. The van der Waals surface area contributed by atoms with E-state index >= 15 is 0 Å². The lowest BCUT2D eigenvalue weighted by atomic mass is 9.92. The summed E-state index contributed by atoms with van der Waals surface area (Å²) in [6.07, 6.45) is 2.49. The van der Waals surface area contributed by atoms with Gasteiger partial charge in [0.1, 0.15) is 0 Å². The zero-order chi connectivity index (χ0) is 27.2. The molecule has 1 amide bonds. The number of esters is 1. The molecule has 2 aliphatic heterocycles. The molecule has 2 fully saturated rings. The fourth-order valence-electron chi connectivity index (χ4n) is 5.58. The number of rotatable bonds is 9. The first-order chi connectivity index (χ1) is 18.9. The summed E-state index contributed by atoms with van der Waals surface area (Å²) in [4.78, 5) is 30.7. The Kier molecular flexibility index (Phi) is 8.32. The zero-order valence-electron chi connectivity index (χ0n) is 22.9. The molecule has 0 N–H and O–H groups in total. The van der Waals surface area contributed by atoms with Crippen molar-refractivity contribution in [2.24, 2.45) is 5.92 Å². The van der Waals surface area contributed by atoms with Crippen molar-refractivity contribution in [1.82, 2.24) is 4.90 Å². The molecule has 0 bridgehead atoms. The summed E-state index contributed by atoms with van der Waals surface area (Å²) >= 11 is 0. The number of carbonyl (C=O) groups excluding carboxylic acids is 2. The van der Waals surface area contributed by atoms with Gasteiger partial charge >= 0.3 is 5.97 Å². The summed E-state index contributed by atoms with van der Waals surface area (Å²) in [6.45, 7) is 6.18. The maximum atomic E-state index is 13.8. The van der Waals surface area contributed by atoms with Crippen molar-refractivity contribution >= 4 is 17.6 Å². The Morgan fingerprint density at radius 1 is 0.846 bits per heavy atom. The lowest BCUT2D eigenvalue weighted by molar-refractivity contribution is -0.162. The van der Waals surface area contributed by atoms with E-state index in [0.717, 1.165) is 38.0 Å². The van der Waals surface area contributed by atoms with Gasteiger partial charge in [-0.1, -0.05) is 79.2 Å². The Labute approximate surface area is 231 Å². The van der Waals surface area contributed by atoms with Crippen molar-refractivity contribution in [3.8, 4) is 11.1 Å². The molecule has 2 aliphatic rings. The summed E-state index contributed by atoms with van der Waals surface area (Å²) in [5, 5.41) is 0. The average molecular weight is 527 g/mol. The van der Waals surface area contributed by atoms with Crippen LogP contribution in [-0.2, 0) is 25.5 Å². The minimum absolute atomic E-state index is 0.00608. The first-order valence-corrected chi connectivity index (χ1v) is 14.0. The summed E-state index contributed by atoms with van der Waals surface area (Å²) in [7, 11) is 0. The minimum Gasteiger partial charge on any atom is -0.432 e. The van der Waals surface area contributed by atoms with Crippen molar-refractivity contribution < 1.29 is 19.1 Å². The average Bonchev–Trinajstić information content (AvgIpc) is 3.25. The number of amides is 1. The monoisotopic (exact) mass is 526 g/mol. The number of anilines is 1. The molecule has 0 aliphatic carbocycles. The first-order valence-electron chi connectivity index (χ1n) is 14.0. The van der Waals surface area contributed by atoms with Crippen molar-refractivity contribution in [2.45, 2.75) is 51.4 Å². The van der Waals surface area contributed by atoms with E-state index in [1.54, 1.807) is 13.8 Å². The molecule has 0 radical (unpaired) electrons. The van der Waals surface area contributed by atoms with Gasteiger partial charge in [0.25, 0.3) is 0 Å². The van der Waals surface area contributed by atoms with Crippen LogP contribution < -0.4 is 4.90 Å². The lowest BCUT2D eigenvalue weighted by Crippen LogP contribution is -2.52. The van der Waals surface area contributed by atoms with Gasteiger partial charge in [-0.2, -0.15) is 0 Å². The maximum Gasteiger partial charge on any atom is 0.338 e. The van der Waals surface area contributed by atoms with Gasteiger partial charge in [0, 0.05) is 45.7 Å². The SMILES string of the molecule is CC1(C)OC(=O)[C@@H]([C@H](CCCCc2ccccc2)C(=O)N2CCN(c3ccc(-c4ccccc4)cc3)CC2)O1. The van der Waals surface area contributed by atoms with Crippen LogP contribution in [0.3, 0.4) is 0 Å². The highest BCUT2D eigenvalue weighted by Gasteiger charge is 2.48. The van der Waals surface area contributed by atoms with Crippen molar-refractivity contribution in [3.05, 3.63) is 90.5 Å². The highest BCUT2D eigenvalue weighted by atomic mass is 16.8. The van der Waals surface area contributed by atoms with E-state index in [9.17, 15) is 9.59 Å². The molecule has 2 saturated heterocycles. The number of cyclic esters (lactones) is 1. The summed E-state index contributed by atoms with van der Waals surface area (Å²) in [5.74, 6) is -1.98. The summed E-state index contributed by atoms with van der Waals surface area (Å²) < 4.78 is 11.4. The standard InChI is InChI=1S/C33H38N2O4/c1-33(2)38-30(32(37)39-33)29(16-10-9-13-25-11-5-3-6-12-25)31(36)35-23-21-34(22-24-35)28-19-17-27(18-20-28)26-14-7-4-8-15-26/h3-8,11-12,14-15,17-20,29-30H,9-10,13,16,21-24H2,1-2H3/t29-,30+/m0/s1. The molecule has 0 saturated carbocycles. The molecule has 0 aromatic heterocycles. The van der Waals surface area contributed by atoms with Gasteiger partial charge in [-0.15, -0.1) is 0 Å². The van der Waals surface area contributed by atoms with Crippen LogP contribution in [0, 0.1) is 5.92 Å². The molecular weight excluding hydrogens is 488 g/mol. The van der Waals surface area contributed by atoms with E-state index in [2.05, 4.69) is 53.4 Å².